The number of nitrogens with zero attached hydrogens (tertiary/aromatic N) is 1. The third-order valence-electron chi connectivity index (χ3n) is 5.04. The van der Waals surface area contributed by atoms with Crippen LogP contribution < -0.4 is 14.8 Å². The number of hydrogen-bond acceptors (Lipinski definition) is 4. The van der Waals surface area contributed by atoms with E-state index in [0.717, 1.165) is 37.6 Å². The Morgan fingerprint density at radius 3 is 2.52 bits per heavy atom. The van der Waals surface area contributed by atoms with Crippen LogP contribution >= 0.6 is 0 Å². The fraction of sp³-hybridized carbons (Fsp3) is 0.409. The summed E-state index contributed by atoms with van der Waals surface area (Å²) in [5.74, 6) is -0.667. The van der Waals surface area contributed by atoms with E-state index in [4.69, 9.17) is 9.47 Å². The Bertz CT molecular complexity index is 852. The summed E-state index contributed by atoms with van der Waals surface area (Å²) in [4.78, 5) is 14.8. The SMILES string of the molecule is CCOc1ccc(C(=O)NC2CCN(Cc3ccc(F)c(F)c3)CC2)cc1OC. The standard InChI is InChI=1S/C22H26F2N2O3/c1-3-29-20-7-5-16(13-21(20)28-2)22(27)25-17-8-10-26(11-9-17)14-15-4-6-18(23)19(24)12-15/h4-7,12-13,17H,3,8-11,14H2,1-2H3,(H,25,27). The van der Waals surface area contributed by atoms with Gasteiger partial charge < -0.3 is 14.8 Å². The van der Waals surface area contributed by atoms with Gasteiger partial charge >= 0.3 is 0 Å². The number of ether oxygens (including phenoxy) is 2. The van der Waals surface area contributed by atoms with Crippen LogP contribution in [0.3, 0.4) is 0 Å². The number of likely N-dealkylation sites (tertiary alicyclic amines) is 1. The van der Waals surface area contributed by atoms with Crippen LogP contribution in [0.4, 0.5) is 8.78 Å². The zero-order valence-electron chi connectivity index (χ0n) is 16.7. The lowest BCUT2D eigenvalue weighted by Crippen LogP contribution is -2.44. The van der Waals surface area contributed by atoms with Crippen LogP contribution in [-0.2, 0) is 6.54 Å². The van der Waals surface area contributed by atoms with Gasteiger partial charge in [0.2, 0.25) is 0 Å². The Balaban J connectivity index is 1.52. The van der Waals surface area contributed by atoms with Crippen molar-refractivity contribution in [2.24, 2.45) is 0 Å². The van der Waals surface area contributed by atoms with Crippen LogP contribution in [0.25, 0.3) is 0 Å². The molecule has 1 aliphatic rings. The highest BCUT2D eigenvalue weighted by atomic mass is 19.2. The van der Waals surface area contributed by atoms with Crippen LogP contribution in [0.5, 0.6) is 11.5 Å². The van der Waals surface area contributed by atoms with Crippen molar-refractivity contribution in [2.45, 2.75) is 32.4 Å². The van der Waals surface area contributed by atoms with Gasteiger partial charge in [-0.05, 0) is 55.7 Å². The van der Waals surface area contributed by atoms with Gasteiger partial charge in [0.1, 0.15) is 0 Å². The molecule has 2 aromatic rings. The molecule has 1 amide bonds. The topological polar surface area (TPSA) is 50.8 Å². The average molecular weight is 404 g/mol. The number of amides is 1. The molecular formula is C22H26F2N2O3. The summed E-state index contributed by atoms with van der Waals surface area (Å²) in [5, 5.41) is 3.07. The van der Waals surface area contributed by atoms with Gasteiger partial charge in [0.15, 0.2) is 23.1 Å². The van der Waals surface area contributed by atoms with Crippen LogP contribution in [0.15, 0.2) is 36.4 Å². The normalized spacial score (nSPS) is 15.2. The van der Waals surface area contributed by atoms with Gasteiger partial charge in [-0.3, -0.25) is 9.69 Å². The average Bonchev–Trinajstić information content (AvgIpc) is 2.72. The van der Waals surface area contributed by atoms with Gasteiger partial charge in [0, 0.05) is 31.2 Å². The molecule has 3 rings (SSSR count). The molecule has 0 unspecified atom stereocenters. The van der Waals surface area contributed by atoms with Crippen molar-refractivity contribution in [3.63, 3.8) is 0 Å². The molecule has 0 saturated carbocycles. The molecule has 29 heavy (non-hydrogen) atoms. The van der Waals surface area contributed by atoms with Crippen molar-refractivity contribution in [2.75, 3.05) is 26.8 Å². The van der Waals surface area contributed by atoms with E-state index < -0.39 is 11.6 Å². The van der Waals surface area contributed by atoms with Gasteiger partial charge in [-0.25, -0.2) is 8.78 Å². The van der Waals surface area contributed by atoms with Crippen LogP contribution in [-0.4, -0.2) is 43.7 Å². The van der Waals surface area contributed by atoms with E-state index in [1.165, 1.54) is 6.07 Å². The lowest BCUT2D eigenvalue weighted by atomic mass is 10.0. The first-order valence-electron chi connectivity index (χ1n) is 9.78. The molecule has 0 bridgehead atoms. The van der Waals surface area contributed by atoms with E-state index in [1.54, 1.807) is 31.4 Å². The number of carbonyl (C=O) groups excluding carboxylic acids is 1. The van der Waals surface area contributed by atoms with Crippen molar-refractivity contribution in [1.29, 1.82) is 0 Å². The highest BCUT2D eigenvalue weighted by Gasteiger charge is 2.22. The predicted molar refractivity (Wildman–Crippen MR) is 106 cm³/mol. The number of hydrogen-bond donors (Lipinski definition) is 1. The van der Waals surface area contributed by atoms with Crippen molar-refractivity contribution in [3.8, 4) is 11.5 Å². The maximum atomic E-state index is 13.4. The maximum Gasteiger partial charge on any atom is 0.251 e. The predicted octanol–water partition coefficient (Wildman–Crippen LogP) is 3.77. The molecule has 1 aliphatic heterocycles. The molecule has 0 spiro atoms. The van der Waals surface area contributed by atoms with Crippen LogP contribution in [0, 0.1) is 11.6 Å². The molecule has 5 nitrogen and oxygen atoms in total. The molecule has 1 saturated heterocycles. The molecule has 0 aliphatic carbocycles. The van der Waals surface area contributed by atoms with E-state index in [1.807, 2.05) is 6.92 Å². The molecule has 0 atom stereocenters. The first-order valence-corrected chi connectivity index (χ1v) is 9.78. The van der Waals surface area contributed by atoms with E-state index in [-0.39, 0.29) is 11.9 Å². The van der Waals surface area contributed by atoms with Crippen LogP contribution in [0.2, 0.25) is 0 Å². The third kappa shape index (κ3) is 5.44. The second-order valence-electron chi connectivity index (χ2n) is 7.07. The summed E-state index contributed by atoms with van der Waals surface area (Å²) in [6.45, 7) is 4.52. The Hall–Kier alpha value is -2.67. The summed E-state index contributed by atoms with van der Waals surface area (Å²) < 4.78 is 37.2. The smallest absolute Gasteiger partial charge is 0.251 e. The maximum absolute atomic E-state index is 13.4. The highest BCUT2D eigenvalue weighted by Crippen LogP contribution is 2.28. The minimum atomic E-state index is -0.832. The second-order valence-corrected chi connectivity index (χ2v) is 7.07. The lowest BCUT2D eigenvalue weighted by Gasteiger charge is -2.32. The fourth-order valence-electron chi connectivity index (χ4n) is 3.48. The fourth-order valence-corrected chi connectivity index (χ4v) is 3.48. The molecule has 1 N–H and O–H groups in total. The molecule has 0 aromatic heterocycles. The monoisotopic (exact) mass is 404 g/mol. The molecule has 2 aromatic carbocycles. The molecule has 1 fully saturated rings. The van der Waals surface area contributed by atoms with Crippen molar-refractivity contribution < 1.29 is 23.0 Å². The number of rotatable bonds is 7. The van der Waals surface area contributed by atoms with E-state index in [2.05, 4.69) is 10.2 Å². The van der Waals surface area contributed by atoms with Crippen molar-refractivity contribution in [1.82, 2.24) is 10.2 Å². The molecule has 0 radical (unpaired) electrons. The molecule has 156 valence electrons. The zero-order valence-corrected chi connectivity index (χ0v) is 16.7. The first kappa shape index (κ1) is 21.0. The summed E-state index contributed by atoms with van der Waals surface area (Å²) >= 11 is 0. The number of piperidine rings is 1. The quantitative estimate of drug-likeness (QED) is 0.763. The van der Waals surface area contributed by atoms with Crippen molar-refractivity contribution >= 4 is 5.91 Å². The van der Waals surface area contributed by atoms with Gasteiger partial charge in [-0.15, -0.1) is 0 Å². The number of halogens is 2. The minimum absolute atomic E-state index is 0.0706. The third-order valence-corrected chi connectivity index (χ3v) is 5.04. The Morgan fingerprint density at radius 2 is 1.86 bits per heavy atom. The van der Waals surface area contributed by atoms with Gasteiger partial charge in [0.25, 0.3) is 5.91 Å². The molecular weight excluding hydrogens is 378 g/mol. The van der Waals surface area contributed by atoms with Gasteiger partial charge in [0.05, 0.1) is 13.7 Å². The minimum Gasteiger partial charge on any atom is -0.493 e. The van der Waals surface area contributed by atoms with E-state index >= 15 is 0 Å². The number of carbonyl (C=O) groups is 1. The largest absolute Gasteiger partial charge is 0.493 e. The first-order chi connectivity index (χ1) is 14.0. The van der Waals surface area contributed by atoms with E-state index in [0.29, 0.717) is 30.2 Å². The Morgan fingerprint density at radius 1 is 1.10 bits per heavy atom. The highest BCUT2D eigenvalue weighted by molar-refractivity contribution is 5.95. The molecule has 7 heteroatoms. The zero-order chi connectivity index (χ0) is 20.8. The van der Waals surface area contributed by atoms with Crippen molar-refractivity contribution in [3.05, 3.63) is 59.2 Å². The van der Waals surface area contributed by atoms with E-state index in [9.17, 15) is 13.6 Å². The summed E-state index contributed by atoms with van der Waals surface area (Å²) in [6, 6.07) is 9.21. The number of methoxy groups -OCH3 is 1. The lowest BCUT2D eigenvalue weighted by molar-refractivity contribution is 0.0908. The summed E-state index contributed by atoms with van der Waals surface area (Å²) in [6.07, 6.45) is 1.59. The Labute approximate surface area is 169 Å². The van der Waals surface area contributed by atoms with Gasteiger partial charge in [-0.2, -0.15) is 0 Å². The number of nitrogens with one attached hydrogen (secondary N) is 1. The number of benzene rings is 2. The van der Waals surface area contributed by atoms with Crippen LogP contribution in [0.1, 0.15) is 35.7 Å². The molecule has 1 heterocycles. The summed E-state index contributed by atoms with van der Waals surface area (Å²) in [7, 11) is 1.54. The second kappa shape index (κ2) is 9.69. The van der Waals surface area contributed by atoms with Gasteiger partial charge in [-0.1, -0.05) is 6.07 Å². The summed E-state index contributed by atoms with van der Waals surface area (Å²) in [5.41, 5.74) is 1.27. The Kier molecular flexibility index (Phi) is 7.04.